The number of amides is 1. The van der Waals surface area contributed by atoms with E-state index in [4.69, 9.17) is 4.74 Å². The predicted octanol–water partition coefficient (Wildman–Crippen LogP) is 2.47. The Morgan fingerprint density at radius 3 is 3.00 bits per heavy atom. The van der Waals surface area contributed by atoms with Gasteiger partial charge in [-0.3, -0.25) is 4.79 Å². The second-order valence-electron chi connectivity index (χ2n) is 5.82. The van der Waals surface area contributed by atoms with Crippen LogP contribution in [0, 0.1) is 5.92 Å². The van der Waals surface area contributed by atoms with Crippen LogP contribution in [0.25, 0.3) is 10.9 Å². The molecule has 1 saturated carbocycles. The van der Waals surface area contributed by atoms with Gasteiger partial charge in [0.2, 0.25) is 0 Å². The number of aromatic nitrogens is 1. The summed E-state index contributed by atoms with van der Waals surface area (Å²) in [5.74, 6) is 0.663. The molecule has 2 heterocycles. The molecule has 2 atom stereocenters. The van der Waals surface area contributed by atoms with Gasteiger partial charge in [0.25, 0.3) is 5.91 Å². The van der Waals surface area contributed by atoms with Gasteiger partial charge < -0.3 is 15.0 Å². The van der Waals surface area contributed by atoms with Crippen LogP contribution in [0.5, 0.6) is 0 Å². The summed E-state index contributed by atoms with van der Waals surface area (Å²) in [6, 6.07) is 7.95. The van der Waals surface area contributed by atoms with Crippen molar-refractivity contribution in [2.75, 3.05) is 6.61 Å². The van der Waals surface area contributed by atoms with Crippen molar-refractivity contribution in [2.24, 2.45) is 5.92 Å². The van der Waals surface area contributed by atoms with Crippen molar-refractivity contribution in [1.82, 2.24) is 10.3 Å². The van der Waals surface area contributed by atoms with E-state index in [-0.39, 0.29) is 18.1 Å². The van der Waals surface area contributed by atoms with Crippen molar-refractivity contribution in [3.63, 3.8) is 0 Å². The van der Waals surface area contributed by atoms with Gasteiger partial charge in [0.1, 0.15) is 0 Å². The fourth-order valence-electron chi connectivity index (χ4n) is 3.10. The molecule has 0 bridgehead atoms. The standard InChI is InChI=1S/C16H18N2O2/c19-16(12-4-1-10-5-7-17-14(10)9-12)18-13-6-8-20-15(13)11-2-3-11/h1,4-5,7,9,11,13,15,17H,2-3,6,8H2,(H,18,19). The number of hydrogen-bond acceptors (Lipinski definition) is 2. The van der Waals surface area contributed by atoms with Gasteiger partial charge in [0.05, 0.1) is 12.1 Å². The summed E-state index contributed by atoms with van der Waals surface area (Å²) in [5, 5.41) is 4.27. The van der Waals surface area contributed by atoms with Gasteiger partial charge in [-0.15, -0.1) is 0 Å². The van der Waals surface area contributed by atoms with Crippen LogP contribution in [0.15, 0.2) is 30.5 Å². The summed E-state index contributed by atoms with van der Waals surface area (Å²) in [5.41, 5.74) is 1.71. The highest BCUT2D eigenvalue weighted by Crippen LogP contribution is 2.38. The zero-order valence-corrected chi connectivity index (χ0v) is 11.3. The third-order valence-corrected chi connectivity index (χ3v) is 4.36. The summed E-state index contributed by atoms with van der Waals surface area (Å²) in [6.07, 6.45) is 5.53. The van der Waals surface area contributed by atoms with Crippen LogP contribution >= 0.6 is 0 Å². The van der Waals surface area contributed by atoms with Crippen molar-refractivity contribution in [2.45, 2.75) is 31.4 Å². The predicted molar refractivity (Wildman–Crippen MR) is 76.6 cm³/mol. The molecule has 1 aromatic carbocycles. The lowest BCUT2D eigenvalue weighted by Gasteiger charge is -2.19. The monoisotopic (exact) mass is 270 g/mol. The number of nitrogens with one attached hydrogen (secondary N) is 2. The van der Waals surface area contributed by atoms with Gasteiger partial charge >= 0.3 is 0 Å². The van der Waals surface area contributed by atoms with E-state index in [0.717, 1.165) is 23.9 Å². The molecule has 4 heteroatoms. The fourth-order valence-corrected chi connectivity index (χ4v) is 3.10. The first kappa shape index (κ1) is 12.0. The molecule has 2 N–H and O–H groups in total. The molecule has 1 saturated heterocycles. The second-order valence-corrected chi connectivity index (χ2v) is 5.82. The molecule has 1 aromatic heterocycles. The lowest BCUT2D eigenvalue weighted by molar-refractivity contribution is 0.0729. The highest BCUT2D eigenvalue weighted by molar-refractivity contribution is 5.98. The van der Waals surface area contributed by atoms with Crippen LogP contribution in [-0.4, -0.2) is 29.6 Å². The molecular weight excluding hydrogens is 252 g/mol. The first-order chi connectivity index (χ1) is 9.81. The number of carbonyl (C=O) groups is 1. The van der Waals surface area contributed by atoms with E-state index in [1.807, 2.05) is 30.5 Å². The SMILES string of the molecule is O=C(NC1CCOC1C1CC1)c1ccc2cc[nH]c2c1. The minimum atomic E-state index is 0.00245. The lowest BCUT2D eigenvalue weighted by Crippen LogP contribution is -2.41. The normalized spacial score (nSPS) is 26.0. The van der Waals surface area contributed by atoms with Gasteiger partial charge in [0, 0.05) is 23.9 Å². The fraction of sp³-hybridized carbons (Fsp3) is 0.438. The van der Waals surface area contributed by atoms with Crippen LogP contribution in [0.2, 0.25) is 0 Å². The number of carbonyl (C=O) groups excluding carboxylic acids is 1. The van der Waals surface area contributed by atoms with Crippen LogP contribution in [0.4, 0.5) is 0 Å². The van der Waals surface area contributed by atoms with Crippen LogP contribution in [0.3, 0.4) is 0 Å². The molecule has 104 valence electrons. The third kappa shape index (κ3) is 2.10. The van der Waals surface area contributed by atoms with Gasteiger partial charge in [-0.05, 0) is 48.8 Å². The van der Waals surface area contributed by atoms with Gasteiger partial charge in [-0.25, -0.2) is 0 Å². The molecule has 4 rings (SSSR count). The Bertz CT molecular complexity index is 645. The molecule has 2 aromatic rings. The highest BCUT2D eigenvalue weighted by Gasteiger charge is 2.41. The average Bonchev–Trinajstić information content (AvgIpc) is 3.01. The van der Waals surface area contributed by atoms with Crippen molar-refractivity contribution in [3.05, 3.63) is 36.0 Å². The van der Waals surface area contributed by atoms with E-state index >= 15 is 0 Å². The lowest BCUT2D eigenvalue weighted by atomic mass is 10.1. The van der Waals surface area contributed by atoms with Crippen LogP contribution in [-0.2, 0) is 4.74 Å². The maximum atomic E-state index is 12.4. The number of hydrogen-bond donors (Lipinski definition) is 2. The summed E-state index contributed by atoms with van der Waals surface area (Å²) in [6.45, 7) is 0.766. The van der Waals surface area contributed by atoms with E-state index in [9.17, 15) is 4.79 Å². The van der Waals surface area contributed by atoms with Crippen LogP contribution in [0.1, 0.15) is 29.6 Å². The third-order valence-electron chi connectivity index (χ3n) is 4.36. The summed E-state index contributed by atoms with van der Waals surface area (Å²) >= 11 is 0. The van der Waals surface area contributed by atoms with Gasteiger partial charge in [-0.2, -0.15) is 0 Å². The number of aromatic amines is 1. The molecule has 1 aliphatic heterocycles. The molecule has 1 amide bonds. The minimum absolute atomic E-state index is 0.00245. The van der Waals surface area contributed by atoms with Crippen molar-refractivity contribution >= 4 is 16.8 Å². The Kier molecular flexibility index (Phi) is 2.77. The van der Waals surface area contributed by atoms with E-state index in [1.165, 1.54) is 12.8 Å². The summed E-state index contributed by atoms with van der Waals surface area (Å²) in [7, 11) is 0. The smallest absolute Gasteiger partial charge is 0.251 e. The van der Waals surface area contributed by atoms with Crippen LogP contribution < -0.4 is 5.32 Å². The van der Waals surface area contributed by atoms with Gasteiger partial charge in [0.15, 0.2) is 0 Å². The Labute approximate surface area is 117 Å². The first-order valence-electron chi connectivity index (χ1n) is 7.31. The van der Waals surface area contributed by atoms with Crippen molar-refractivity contribution in [3.8, 4) is 0 Å². The molecule has 2 aliphatic rings. The summed E-state index contributed by atoms with van der Waals surface area (Å²) < 4.78 is 5.76. The zero-order valence-electron chi connectivity index (χ0n) is 11.3. The molecule has 2 fully saturated rings. The molecule has 1 aliphatic carbocycles. The maximum absolute atomic E-state index is 12.4. The number of rotatable bonds is 3. The van der Waals surface area contributed by atoms with Crippen molar-refractivity contribution in [1.29, 1.82) is 0 Å². The Balaban J connectivity index is 1.51. The summed E-state index contributed by atoms with van der Waals surface area (Å²) in [4.78, 5) is 15.5. The largest absolute Gasteiger partial charge is 0.376 e. The Morgan fingerprint density at radius 1 is 1.25 bits per heavy atom. The van der Waals surface area contributed by atoms with Gasteiger partial charge in [-0.1, -0.05) is 6.07 Å². The molecule has 0 spiro atoms. The molecule has 4 nitrogen and oxygen atoms in total. The maximum Gasteiger partial charge on any atom is 0.251 e. The molecular formula is C16H18N2O2. The number of H-pyrrole nitrogens is 1. The molecule has 20 heavy (non-hydrogen) atoms. The number of ether oxygens (including phenoxy) is 1. The number of benzene rings is 1. The average molecular weight is 270 g/mol. The quantitative estimate of drug-likeness (QED) is 0.900. The van der Waals surface area contributed by atoms with E-state index in [1.54, 1.807) is 0 Å². The first-order valence-corrected chi connectivity index (χ1v) is 7.31. The number of fused-ring (bicyclic) bond motifs is 1. The van der Waals surface area contributed by atoms with E-state index in [2.05, 4.69) is 10.3 Å². The van der Waals surface area contributed by atoms with E-state index < -0.39 is 0 Å². The Morgan fingerprint density at radius 2 is 2.15 bits per heavy atom. The second kappa shape index (κ2) is 4.63. The van der Waals surface area contributed by atoms with Crippen molar-refractivity contribution < 1.29 is 9.53 Å². The minimum Gasteiger partial charge on any atom is -0.376 e. The zero-order chi connectivity index (χ0) is 13.5. The van der Waals surface area contributed by atoms with E-state index in [0.29, 0.717) is 11.5 Å². The molecule has 0 radical (unpaired) electrons. The highest BCUT2D eigenvalue weighted by atomic mass is 16.5. The topological polar surface area (TPSA) is 54.1 Å². The molecule has 2 unspecified atom stereocenters. The Hall–Kier alpha value is -1.81.